The molecule has 1 aliphatic rings. The molecule has 0 bridgehead atoms. The summed E-state index contributed by atoms with van der Waals surface area (Å²) < 4.78 is 10.7. The van der Waals surface area contributed by atoms with Crippen molar-refractivity contribution in [3.63, 3.8) is 0 Å². The normalized spacial score (nSPS) is 18.9. The molecule has 1 N–H and O–H groups in total. The molecule has 1 aromatic carbocycles. The number of aliphatic hydroxyl groups is 1. The quantitative estimate of drug-likeness (QED) is 0.436. The first-order valence-corrected chi connectivity index (χ1v) is 9.89. The first-order valence-electron chi connectivity index (χ1n) is 9.02. The molecule has 6 nitrogen and oxygen atoms in total. The van der Waals surface area contributed by atoms with Gasteiger partial charge in [-0.05, 0) is 49.6 Å². The van der Waals surface area contributed by atoms with E-state index in [1.165, 1.54) is 23.3 Å². The third kappa shape index (κ3) is 3.95. The Bertz CT molecular complexity index is 871. The van der Waals surface area contributed by atoms with Crippen LogP contribution in [0.25, 0.3) is 5.76 Å². The standard InChI is InChI=1S/C21H23NO5S/c1-13(2)27-15-8-6-14(7-9-15)19(23)17-18(16-5-4-12-28-16)22(10-11-26-3)21(25)20(17)24/h4-9,12-13,18,23H,10-11H2,1-3H3/b19-17+/t18-/m0/s1. The summed E-state index contributed by atoms with van der Waals surface area (Å²) in [6.07, 6.45) is 0.0318. The van der Waals surface area contributed by atoms with Crippen LogP contribution in [0.5, 0.6) is 5.75 Å². The van der Waals surface area contributed by atoms with Gasteiger partial charge in [0.05, 0.1) is 24.3 Å². The van der Waals surface area contributed by atoms with Crippen molar-refractivity contribution in [2.75, 3.05) is 20.3 Å². The number of ether oxygens (including phenoxy) is 2. The average Bonchev–Trinajstić information content (AvgIpc) is 3.27. The summed E-state index contributed by atoms with van der Waals surface area (Å²) in [4.78, 5) is 27.6. The molecule has 2 aromatic rings. The number of hydrogen-bond acceptors (Lipinski definition) is 6. The van der Waals surface area contributed by atoms with Crippen molar-refractivity contribution in [2.24, 2.45) is 0 Å². The number of hydrogen-bond donors (Lipinski definition) is 1. The minimum absolute atomic E-state index is 0.0318. The Morgan fingerprint density at radius 3 is 2.50 bits per heavy atom. The Labute approximate surface area is 168 Å². The number of carbonyl (C=O) groups excluding carboxylic acids is 2. The number of ketones is 1. The van der Waals surface area contributed by atoms with Gasteiger partial charge in [-0.2, -0.15) is 0 Å². The molecular weight excluding hydrogens is 378 g/mol. The summed E-state index contributed by atoms with van der Waals surface area (Å²) in [6.45, 7) is 4.42. The van der Waals surface area contributed by atoms with Crippen LogP contribution < -0.4 is 4.74 Å². The molecule has 0 aliphatic carbocycles. The lowest BCUT2D eigenvalue weighted by Gasteiger charge is -2.23. The minimum atomic E-state index is -0.686. The molecule has 2 heterocycles. The maximum atomic E-state index is 12.7. The van der Waals surface area contributed by atoms with Gasteiger partial charge in [0.15, 0.2) is 0 Å². The zero-order chi connectivity index (χ0) is 20.3. The molecule has 3 rings (SSSR count). The highest BCUT2D eigenvalue weighted by Crippen LogP contribution is 2.41. The lowest BCUT2D eigenvalue weighted by molar-refractivity contribution is -0.140. The topological polar surface area (TPSA) is 76.1 Å². The number of rotatable bonds is 7. The van der Waals surface area contributed by atoms with Gasteiger partial charge in [-0.15, -0.1) is 11.3 Å². The first kappa shape index (κ1) is 20.1. The third-order valence-corrected chi connectivity index (χ3v) is 5.31. The van der Waals surface area contributed by atoms with Crippen LogP contribution in [0.15, 0.2) is 47.4 Å². The highest BCUT2D eigenvalue weighted by Gasteiger charge is 2.46. The SMILES string of the molecule is COCCN1C(=O)C(=O)/C(=C(/O)c2ccc(OC(C)C)cc2)[C@@H]1c1cccs1. The van der Waals surface area contributed by atoms with Crippen molar-refractivity contribution in [1.29, 1.82) is 0 Å². The van der Waals surface area contributed by atoms with Crippen molar-refractivity contribution < 1.29 is 24.2 Å². The second-order valence-electron chi connectivity index (χ2n) is 6.69. The predicted molar refractivity (Wildman–Crippen MR) is 107 cm³/mol. The van der Waals surface area contributed by atoms with Gasteiger partial charge in [0.1, 0.15) is 11.5 Å². The van der Waals surface area contributed by atoms with Crippen LogP contribution in [0.4, 0.5) is 0 Å². The van der Waals surface area contributed by atoms with Gasteiger partial charge in [0, 0.05) is 24.1 Å². The van der Waals surface area contributed by atoms with Gasteiger partial charge in [-0.1, -0.05) is 6.07 Å². The minimum Gasteiger partial charge on any atom is -0.507 e. The Balaban J connectivity index is 2.03. The highest BCUT2D eigenvalue weighted by atomic mass is 32.1. The maximum absolute atomic E-state index is 12.7. The van der Waals surface area contributed by atoms with Gasteiger partial charge in [-0.3, -0.25) is 9.59 Å². The lowest BCUT2D eigenvalue weighted by atomic mass is 10.00. The zero-order valence-electron chi connectivity index (χ0n) is 16.0. The van der Waals surface area contributed by atoms with Gasteiger partial charge in [0.2, 0.25) is 0 Å². The number of methoxy groups -OCH3 is 1. The highest BCUT2D eigenvalue weighted by molar-refractivity contribution is 7.10. The van der Waals surface area contributed by atoms with Crippen LogP contribution in [0.2, 0.25) is 0 Å². The van der Waals surface area contributed by atoms with E-state index in [1.807, 2.05) is 31.4 Å². The summed E-state index contributed by atoms with van der Waals surface area (Å²) in [5, 5.41) is 12.8. The van der Waals surface area contributed by atoms with Crippen molar-refractivity contribution in [2.45, 2.75) is 26.0 Å². The molecule has 1 atom stereocenters. The monoisotopic (exact) mass is 401 g/mol. The molecule has 1 aliphatic heterocycles. The van der Waals surface area contributed by atoms with Gasteiger partial charge in [-0.25, -0.2) is 0 Å². The Morgan fingerprint density at radius 2 is 1.93 bits per heavy atom. The number of Topliss-reactive ketones (excluding diaryl/α,β-unsaturated/α-hetero) is 1. The number of nitrogens with zero attached hydrogens (tertiary/aromatic N) is 1. The number of amides is 1. The van der Waals surface area contributed by atoms with Crippen molar-refractivity contribution in [3.05, 3.63) is 57.8 Å². The molecule has 0 saturated carbocycles. The van der Waals surface area contributed by atoms with Gasteiger partial charge >= 0.3 is 0 Å². The zero-order valence-corrected chi connectivity index (χ0v) is 16.9. The van der Waals surface area contributed by atoms with E-state index >= 15 is 0 Å². The van der Waals surface area contributed by atoms with Crippen LogP contribution in [0, 0.1) is 0 Å². The first-order chi connectivity index (χ1) is 13.4. The molecule has 1 fully saturated rings. The number of aliphatic hydroxyl groups excluding tert-OH is 1. The fourth-order valence-electron chi connectivity index (χ4n) is 3.16. The van der Waals surface area contributed by atoms with E-state index in [2.05, 4.69) is 0 Å². The summed E-state index contributed by atoms with van der Waals surface area (Å²) in [5.74, 6) is -0.832. The molecule has 0 radical (unpaired) electrons. The molecule has 1 aromatic heterocycles. The van der Waals surface area contributed by atoms with Gasteiger partial charge < -0.3 is 19.5 Å². The Kier molecular flexibility index (Phi) is 6.16. The van der Waals surface area contributed by atoms with Crippen LogP contribution in [0.1, 0.15) is 30.3 Å². The summed E-state index contributed by atoms with van der Waals surface area (Å²) in [6, 6.07) is 9.92. The largest absolute Gasteiger partial charge is 0.507 e. The summed E-state index contributed by atoms with van der Waals surface area (Å²) >= 11 is 1.43. The van der Waals surface area contributed by atoms with Crippen LogP contribution >= 0.6 is 11.3 Å². The number of likely N-dealkylation sites (tertiary alicyclic amines) is 1. The van der Waals surface area contributed by atoms with Gasteiger partial charge in [0.25, 0.3) is 11.7 Å². The maximum Gasteiger partial charge on any atom is 0.295 e. The van der Waals surface area contributed by atoms with Crippen molar-refractivity contribution >= 4 is 28.8 Å². The number of thiophene rings is 1. The molecule has 1 saturated heterocycles. The van der Waals surface area contributed by atoms with Crippen molar-refractivity contribution in [3.8, 4) is 5.75 Å². The van der Waals surface area contributed by atoms with E-state index in [0.717, 1.165) is 4.88 Å². The molecule has 7 heteroatoms. The summed E-state index contributed by atoms with van der Waals surface area (Å²) in [5.41, 5.74) is 0.559. The Hall–Kier alpha value is -2.64. The third-order valence-electron chi connectivity index (χ3n) is 4.39. The number of benzene rings is 1. The second kappa shape index (κ2) is 8.58. The summed E-state index contributed by atoms with van der Waals surface area (Å²) in [7, 11) is 1.54. The van der Waals surface area contributed by atoms with E-state index in [4.69, 9.17) is 9.47 Å². The van der Waals surface area contributed by atoms with Crippen LogP contribution in [-0.2, 0) is 14.3 Å². The lowest BCUT2D eigenvalue weighted by Crippen LogP contribution is -2.32. The van der Waals surface area contributed by atoms with Crippen LogP contribution in [-0.4, -0.2) is 48.1 Å². The van der Waals surface area contributed by atoms with E-state index in [-0.39, 0.29) is 24.0 Å². The molecule has 28 heavy (non-hydrogen) atoms. The number of carbonyl (C=O) groups is 2. The Morgan fingerprint density at radius 1 is 1.21 bits per heavy atom. The van der Waals surface area contributed by atoms with E-state index < -0.39 is 17.7 Å². The molecule has 1 amide bonds. The van der Waals surface area contributed by atoms with Crippen LogP contribution in [0.3, 0.4) is 0 Å². The second-order valence-corrected chi connectivity index (χ2v) is 7.67. The smallest absolute Gasteiger partial charge is 0.295 e. The molecule has 148 valence electrons. The fourth-order valence-corrected chi connectivity index (χ4v) is 4.01. The van der Waals surface area contributed by atoms with E-state index in [0.29, 0.717) is 17.9 Å². The van der Waals surface area contributed by atoms with E-state index in [9.17, 15) is 14.7 Å². The van der Waals surface area contributed by atoms with Crippen molar-refractivity contribution in [1.82, 2.24) is 4.90 Å². The molecule has 0 unspecified atom stereocenters. The average molecular weight is 401 g/mol. The fraction of sp³-hybridized carbons (Fsp3) is 0.333. The predicted octanol–water partition coefficient (Wildman–Crippen LogP) is 3.60. The van der Waals surface area contributed by atoms with E-state index in [1.54, 1.807) is 24.3 Å². The molecular formula is C21H23NO5S. The molecule has 0 spiro atoms.